The molecule has 86 valence electrons. The van der Waals surface area contributed by atoms with E-state index in [1.165, 1.54) is 0 Å². The number of hydrogen-bond donors (Lipinski definition) is 3. The van der Waals surface area contributed by atoms with Crippen molar-refractivity contribution in [2.24, 2.45) is 0 Å². The summed E-state index contributed by atoms with van der Waals surface area (Å²) in [7, 11) is 0. The van der Waals surface area contributed by atoms with Gasteiger partial charge in [0.05, 0.1) is 5.56 Å². The maximum atomic E-state index is 11.2. The second-order valence-corrected chi connectivity index (χ2v) is 4.61. The van der Waals surface area contributed by atoms with Crippen molar-refractivity contribution in [1.82, 2.24) is 0 Å². The number of carboxylic acid groups (broad SMARTS) is 1. The van der Waals surface area contributed by atoms with Gasteiger partial charge >= 0.3 is 5.97 Å². The number of hydrogen-bond acceptors (Lipinski definition) is 3. The van der Waals surface area contributed by atoms with Crippen LogP contribution in [0.15, 0.2) is 52.3 Å². The monoisotopic (exact) mass is 262 g/mol. The zero-order chi connectivity index (χ0) is 12.4. The van der Waals surface area contributed by atoms with Crippen molar-refractivity contribution < 1.29 is 9.90 Å². The van der Waals surface area contributed by atoms with Crippen LogP contribution in [0.4, 0.5) is 0 Å². The molecule has 0 bridgehead atoms. The molecule has 0 radical (unpaired) electrons. The zero-order valence-electron chi connectivity index (χ0n) is 8.79. The van der Waals surface area contributed by atoms with Gasteiger partial charge < -0.3 is 5.11 Å². The van der Waals surface area contributed by atoms with Crippen molar-refractivity contribution in [3.8, 4) is 11.1 Å². The zero-order valence-corrected chi connectivity index (χ0v) is 10.6. The molecule has 0 unspecified atom stereocenters. The Bertz CT molecular complexity index is 562. The van der Waals surface area contributed by atoms with Crippen LogP contribution in [0.2, 0.25) is 0 Å². The van der Waals surface area contributed by atoms with Gasteiger partial charge in [-0.3, -0.25) is 0 Å². The number of rotatable bonds is 2. The van der Waals surface area contributed by atoms with Crippen molar-refractivity contribution >= 4 is 31.2 Å². The van der Waals surface area contributed by atoms with Crippen LogP contribution < -0.4 is 0 Å². The van der Waals surface area contributed by atoms with Gasteiger partial charge in [0.15, 0.2) is 0 Å². The molecular weight excluding hydrogens is 252 g/mol. The molecule has 0 spiro atoms. The van der Waals surface area contributed by atoms with E-state index in [2.05, 4.69) is 25.3 Å². The van der Waals surface area contributed by atoms with Gasteiger partial charge in [-0.15, -0.1) is 25.3 Å². The van der Waals surface area contributed by atoms with E-state index in [1.807, 2.05) is 24.3 Å². The first kappa shape index (κ1) is 12.1. The van der Waals surface area contributed by atoms with Gasteiger partial charge in [-0.2, -0.15) is 0 Å². The fraction of sp³-hybridized carbons (Fsp3) is 0. The van der Waals surface area contributed by atoms with E-state index < -0.39 is 5.97 Å². The number of carbonyl (C=O) groups is 1. The second kappa shape index (κ2) is 4.85. The molecule has 2 aromatic rings. The van der Waals surface area contributed by atoms with Crippen molar-refractivity contribution in [1.29, 1.82) is 0 Å². The third-order valence-electron chi connectivity index (χ3n) is 2.41. The lowest BCUT2D eigenvalue weighted by Crippen LogP contribution is -1.99. The molecule has 2 rings (SSSR count). The SMILES string of the molecule is O=C(O)c1cc(S)ccc1-c1ccc(S)cc1. The summed E-state index contributed by atoms with van der Waals surface area (Å²) in [4.78, 5) is 12.6. The average molecular weight is 262 g/mol. The van der Waals surface area contributed by atoms with Crippen LogP contribution in [0, 0.1) is 0 Å². The Morgan fingerprint density at radius 3 is 2.12 bits per heavy atom. The van der Waals surface area contributed by atoms with Crippen LogP contribution in [0.3, 0.4) is 0 Å². The van der Waals surface area contributed by atoms with Gasteiger partial charge in [-0.25, -0.2) is 4.79 Å². The van der Waals surface area contributed by atoms with Crippen molar-refractivity contribution in [2.75, 3.05) is 0 Å². The van der Waals surface area contributed by atoms with Gasteiger partial charge in [0.25, 0.3) is 0 Å². The summed E-state index contributed by atoms with van der Waals surface area (Å²) in [6, 6.07) is 12.5. The Hall–Kier alpha value is -1.39. The molecule has 0 amide bonds. The van der Waals surface area contributed by atoms with Crippen LogP contribution in [0.25, 0.3) is 11.1 Å². The predicted molar refractivity (Wildman–Crippen MR) is 73.3 cm³/mol. The fourth-order valence-electron chi connectivity index (χ4n) is 1.60. The minimum Gasteiger partial charge on any atom is -0.478 e. The van der Waals surface area contributed by atoms with E-state index in [-0.39, 0.29) is 5.56 Å². The number of aromatic carboxylic acids is 1. The van der Waals surface area contributed by atoms with Gasteiger partial charge in [0.1, 0.15) is 0 Å². The average Bonchev–Trinajstić information content (AvgIpc) is 2.30. The summed E-state index contributed by atoms with van der Waals surface area (Å²) in [5.74, 6) is -0.953. The third kappa shape index (κ3) is 2.65. The lowest BCUT2D eigenvalue weighted by molar-refractivity contribution is 0.0697. The van der Waals surface area contributed by atoms with Crippen molar-refractivity contribution in [3.05, 3.63) is 48.0 Å². The molecule has 0 aromatic heterocycles. The molecule has 0 saturated carbocycles. The molecule has 0 saturated heterocycles. The minimum atomic E-state index is -0.953. The van der Waals surface area contributed by atoms with Crippen LogP contribution in [0.1, 0.15) is 10.4 Å². The summed E-state index contributed by atoms with van der Waals surface area (Å²) < 4.78 is 0. The van der Waals surface area contributed by atoms with E-state index in [4.69, 9.17) is 5.11 Å². The normalized spacial score (nSPS) is 10.2. The van der Waals surface area contributed by atoms with Crippen molar-refractivity contribution in [3.63, 3.8) is 0 Å². The maximum absolute atomic E-state index is 11.2. The van der Waals surface area contributed by atoms with E-state index >= 15 is 0 Å². The van der Waals surface area contributed by atoms with Crippen LogP contribution >= 0.6 is 25.3 Å². The number of benzene rings is 2. The molecule has 17 heavy (non-hydrogen) atoms. The first-order valence-electron chi connectivity index (χ1n) is 4.93. The smallest absolute Gasteiger partial charge is 0.336 e. The first-order valence-corrected chi connectivity index (χ1v) is 5.83. The topological polar surface area (TPSA) is 37.3 Å². The standard InChI is InChI=1S/C13H10O2S2/c14-13(15)12-7-10(17)5-6-11(12)8-1-3-9(16)4-2-8/h1-7,16-17H,(H,14,15). The molecule has 2 nitrogen and oxygen atoms in total. The maximum Gasteiger partial charge on any atom is 0.336 e. The van der Waals surface area contributed by atoms with Gasteiger partial charge in [-0.05, 0) is 35.4 Å². The second-order valence-electron chi connectivity index (χ2n) is 3.58. The summed E-state index contributed by atoms with van der Waals surface area (Å²) in [5.41, 5.74) is 1.79. The summed E-state index contributed by atoms with van der Waals surface area (Å²) in [6.07, 6.45) is 0. The van der Waals surface area contributed by atoms with E-state index in [9.17, 15) is 4.79 Å². The molecule has 0 aliphatic heterocycles. The molecule has 1 N–H and O–H groups in total. The summed E-state index contributed by atoms with van der Waals surface area (Å²) >= 11 is 8.35. The molecule has 0 aliphatic carbocycles. The highest BCUT2D eigenvalue weighted by Crippen LogP contribution is 2.26. The van der Waals surface area contributed by atoms with Gasteiger partial charge in [0, 0.05) is 9.79 Å². The fourth-order valence-corrected chi connectivity index (χ4v) is 1.95. The van der Waals surface area contributed by atoms with E-state index in [0.29, 0.717) is 10.5 Å². The predicted octanol–water partition coefficient (Wildman–Crippen LogP) is 3.63. The largest absolute Gasteiger partial charge is 0.478 e. The quantitative estimate of drug-likeness (QED) is 0.723. The Kier molecular flexibility index (Phi) is 3.45. The van der Waals surface area contributed by atoms with Crippen LogP contribution in [0.5, 0.6) is 0 Å². The Morgan fingerprint density at radius 1 is 0.941 bits per heavy atom. The molecule has 0 fully saturated rings. The van der Waals surface area contributed by atoms with Gasteiger partial charge in [0.2, 0.25) is 0 Å². The van der Waals surface area contributed by atoms with E-state index in [1.54, 1.807) is 18.2 Å². The van der Waals surface area contributed by atoms with Crippen molar-refractivity contribution in [2.45, 2.75) is 9.79 Å². The highest BCUT2D eigenvalue weighted by atomic mass is 32.1. The lowest BCUT2D eigenvalue weighted by atomic mass is 10.00. The third-order valence-corrected chi connectivity index (χ3v) is 2.99. The lowest BCUT2D eigenvalue weighted by Gasteiger charge is -2.07. The first-order chi connectivity index (χ1) is 8.08. The van der Waals surface area contributed by atoms with E-state index in [0.717, 1.165) is 10.5 Å². The molecule has 0 aliphatic rings. The molecule has 4 heteroatoms. The Balaban J connectivity index is 2.58. The highest BCUT2D eigenvalue weighted by Gasteiger charge is 2.11. The highest BCUT2D eigenvalue weighted by molar-refractivity contribution is 7.80. The molecule has 2 aromatic carbocycles. The molecule has 0 heterocycles. The van der Waals surface area contributed by atoms with Crippen LogP contribution in [-0.4, -0.2) is 11.1 Å². The Morgan fingerprint density at radius 2 is 1.53 bits per heavy atom. The number of carboxylic acids is 1. The minimum absolute atomic E-state index is 0.254. The summed E-state index contributed by atoms with van der Waals surface area (Å²) in [5, 5.41) is 9.16. The molecule has 0 atom stereocenters. The van der Waals surface area contributed by atoms with Gasteiger partial charge in [-0.1, -0.05) is 18.2 Å². The summed E-state index contributed by atoms with van der Waals surface area (Å²) in [6.45, 7) is 0. The Labute approximate surface area is 110 Å². The number of thiol groups is 2. The molecular formula is C13H10O2S2. The van der Waals surface area contributed by atoms with Crippen LogP contribution in [-0.2, 0) is 0 Å².